The zero-order valence-corrected chi connectivity index (χ0v) is 11.7. The van der Waals surface area contributed by atoms with Gasteiger partial charge in [-0.05, 0) is 42.4 Å². The number of amides is 2. The SMILES string of the molecule is COc1ccc(C)cc1NC(=O)N1CC2CC2(C)C1. The molecule has 102 valence electrons. The zero-order valence-electron chi connectivity index (χ0n) is 11.7. The molecule has 19 heavy (non-hydrogen) atoms. The smallest absolute Gasteiger partial charge is 0.321 e. The van der Waals surface area contributed by atoms with E-state index in [0.29, 0.717) is 17.1 Å². The Labute approximate surface area is 113 Å². The third kappa shape index (κ3) is 2.15. The number of carbonyl (C=O) groups excluding carboxylic acids is 1. The van der Waals surface area contributed by atoms with Gasteiger partial charge in [0.15, 0.2) is 0 Å². The number of hydrogen-bond acceptors (Lipinski definition) is 2. The molecule has 2 atom stereocenters. The van der Waals surface area contributed by atoms with Crippen molar-refractivity contribution < 1.29 is 9.53 Å². The first-order chi connectivity index (χ1) is 9.01. The van der Waals surface area contributed by atoms with Crippen LogP contribution >= 0.6 is 0 Å². The van der Waals surface area contributed by atoms with E-state index in [4.69, 9.17) is 4.74 Å². The summed E-state index contributed by atoms with van der Waals surface area (Å²) in [5.74, 6) is 1.41. The lowest BCUT2D eigenvalue weighted by atomic mass is 10.1. The number of aryl methyl sites for hydroxylation is 1. The summed E-state index contributed by atoms with van der Waals surface area (Å²) in [5, 5.41) is 2.96. The van der Waals surface area contributed by atoms with E-state index in [1.807, 2.05) is 30.0 Å². The number of piperidine rings is 1. The van der Waals surface area contributed by atoms with Crippen LogP contribution in [0.5, 0.6) is 5.75 Å². The van der Waals surface area contributed by atoms with Crippen LogP contribution in [0.3, 0.4) is 0 Å². The molecule has 1 saturated carbocycles. The van der Waals surface area contributed by atoms with Crippen molar-refractivity contribution in [2.24, 2.45) is 11.3 Å². The van der Waals surface area contributed by atoms with E-state index < -0.39 is 0 Å². The number of ether oxygens (including phenoxy) is 1. The molecule has 4 heteroatoms. The van der Waals surface area contributed by atoms with Gasteiger partial charge in [-0.25, -0.2) is 4.79 Å². The van der Waals surface area contributed by atoms with Crippen molar-refractivity contribution in [3.05, 3.63) is 23.8 Å². The fraction of sp³-hybridized carbons (Fsp3) is 0.533. The number of nitrogens with one attached hydrogen (secondary N) is 1. The van der Waals surface area contributed by atoms with Crippen LogP contribution in [-0.4, -0.2) is 31.1 Å². The fourth-order valence-electron chi connectivity index (χ4n) is 3.02. The van der Waals surface area contributed by atoms with E-state index in [2.05, 4.69) is 12.2 Å². The number of urea groups is 1. The lowest BCUT2D eigenvalue weighted by Crippen LogP contribution is -2.35. The molecule has 1 saturated heterocycles. The molecule has 1 heterocycles. The molecule has 2 fully saturated rings. The number of rotatable bonds is 2. The second-order valence-electron chi connectivity index (χ2n) is 6.07. The number of methoxy groups -OCH3 is 1. The first-order valence-corrected chi connectivity index (χ1v) is 6.72. The Morgan fingerprint density at radius 3 is 2.95 bits per heavy atom. The maximum absolute atomic E-state index is 12.3. The van der Waals surface area contributed by atoms with Crippen molar-refractivity contribution in [1.29, 1.82) is 0 Å². The maximum Gasteiger partial charge on any atom is 0.321 e. The summed E-state index contributed by atoms with van der Waals surface area (Å²) in [5.41, 5.74) is 2.24. The molecule has 1 N–H and O–H groups in total. The number of hydrogen-bond donors (Lipinski definition) is 1. The topological polar surface area (TPSA) is 41.6 Å². The molecule has 2 amide bonds. The van der Waals surface area contributed by atoms with E-state index in [1.54, 1.807) is 7.11 Å². The van der Waals surface area contributed by atoms with Crippen LogP contribution in [0.15, 0.2) is 18.2 Å². The Kier molecular flexibility index (Phi) is 2.69. The molecule has 1 aromatic rings. The van der Waals surface area contributed by atoms with Gasteiger partial charge in [-0.15, -0.1) is 0 Å². The van der Waals surface area contributed by atoms with Crippen molar-refractivity contribution in [1.82, 2.24) is 4.90 Å². The van der Waals surface area contributed by atoms with Gasteiger partial charge in [0.25, 0.3) is 0 Å². The van der Waals surface area contributed by atoms with Gasteiger partial charge in [0.1, 0.15) is 5.75 Å². The van der Waals surface area contributed by atoms with Crippen molar-refractivity contribution in [2.75, 3.05) is 25.5 Å². The highest BCUT2D eigenvalue weighted by molar-refractivity contribution is 5.91. The Hall–Kier alpha value is -1.71. The first kappa shape index (κ1) is 12.3. The van der Waals surface area contributed by atoms with Crippen LogP contribution in [0, 0.1) is 18.3 Å². The second kappa shape index (κ2) is 4.15. The Morgan fingerprint density at radius 1 is 1.53 bits per heavy atom. The largest absolute Gasteiger partial charge is 0.495 e. The fourth-order valence-corrected chi connectivity index (χ4v) is 3.02. The minimum atomic E-state index is -0.0164. The molecule has 0 bridgehead atoms. The van der Waals surface area contributed by atoms with Crippen molar-refractivity contribution in [3.63, 3.8) is 0 Å². The van der Waals surface area contributed by atoms with Gasteiger partial charge in [0.05, 0.1) is 12.8 Å². The molecule has 0 radical (unpaired) electrons. The number of carbonyl (C=O) groups is 1. The Balaban J connectivity index is 1.71. The molecule has 4 nitrogen and oxygen atoms in total. The molecule has 1 aromatic carbocycles. The van der Waals surface area contributed by atoms with E-state index >= 15 is 0 Å². The predicted octanol–water partition coefficient (Wildman–Crippen LogP) is 2.88. The molecule has 0 spiro atoms. The number of nitrogens with zero attached hydrogens (tertiary/aromatic N) is 1. The Morgan fingerprint density at radius 2 is 2.32 bits per heavy atom. The van der Waals surface area contributed by atoms with Gasteiger partial charge < -0.3 is 15.0 Å². The molecule has 0 aromatic heterocycles. The minimum absolute atomic E-state index is 0.0164. The predicted molar refractivity (Wildman–Crippen MR) is 74.5 cm³/mol. The number of fused-ring (bicyclic) bond motifs is 1. The van der Waals surface area contributed by atoms with Crippen LogP contribution in [-0.2, 0) is 0 Å². The maximum atomic E-state index is 12.3. The average Bonchev–Trinajstić information content (AvgIpc) is 2.87. The van der Waals surface area contributed by atoms with E-state index in [9.17, 15) is 4.79 Å². The highest BCUT2D eigenvalue weighted by Gasteiger charge is 2.57. The van der Waals surface area contributed by atoms with Crippen LogP contribution in [0.2, 0.25) is 0 Å². The van der Waals surface area contributed by atoms with Gasteiger partial charge in [-0.3, -0.25) is 0 Å². The van der Waals surface area contributed by atoms with E-state index in [1.165, 1.54) is 6.42 Å². The van der Waals surface area contributed by atoms with Gasteiger partial charge in [0, 0.05) is 13.1 Å². The summed E-state index contributed by atoms with van der Waals surface area (Å²) in [6, 6.07) is 5.78. The average molecular weight is 260 g/mol. The summed E-state index contributed by atoms with van der Waals surface area (Å²) in [7, 11) is 1.62. The van der Waals surface area contributed by atoms with Gasteiger partial charge in [-0.1, -0.05) is 13.0 Å². The monoisotopic (exact) mass is 260 g/mol. The van der Waals surface area contributed by atoms with Gasteiger partial charge in [-0.2, -0.15) is 0 Å². The molecule has 2 unspecified atom stereocenters. The van der Waals surface area contributed by atoms with E-state index in [-0.39, 0.29) is 6.03 Å². The normalized spacial score (nSPS) is 27.9. The van der Waals surface area contributed by atoms with Gasteiger partial charge in [0.2, 0.25) is 0 Å². The second-order valence-corrected chi connectivity index (χ2v) is 6.07. The summed E-state index contributed by atoms with van der Waals surface area (Å²) in [6.07, 6.45) is 1.27. The lowest BCUT2D eigenvalue weighted by molar-refractivity contribution is 0.214. The highest BCUT2D eigenvalue weighted by Crippen LogP contribution is 2.57. The zero-order chi connectivity index (χ0) is 13.6. The van der Waals surface area contributed by atoms with Crippen LogP contribution in [0.4, 0.5) is 10.5 Å². The van der Waals surface area contributed by atoms with Crippen molar-refractivity contribution in [3.8, 4) is 5.75 Å². The first-order valence-electron chi connectivity index (χ1n) is 6.72. The summed E-state index contributed by atoms with van der Waals surface area (Å²) in [6.45, 7) is 6.02. The Bertz CT molecular complexity index is 529. The number of anilines is 1. The van der Waals surface area contributed by atoms with Crippen LogP contribution < -0.4 is 10.1 Å². The van der Waals surface area contributed by atoms with Crippen LogP contribution in [0.1, 0.15) is 18.9 Å². The third-order valence-electron chi connectivity index (χ3n) is 4.41. The quantitative estimate of drug-likeness (QED) is 0.888. The molecule has 2 aliphatic rings. The number of likely N-dealkylation sites (tertiary alicyclic amines) is 1. The number of benzene rings is 1. The van der Waals surface area contributed by atoms with Crippen LogP contribution in [0.25, 0.3) is 0 Å². The minimum Gasteiger partial charge on any atom is -0.495 e. The third-order valence-corrected chi connectivity index (χ3v) is 4.41. The molecule has 1 aliphatic carbocycles. The molecular weight excluding hydrogens is 240 g/mol. The van der Waals surface area contributed by atoms with Crippen molar-refractivity contribution >= 4 is 11.7 Å². The summed E-state index contributed by atoms with van der Waals surface area (Å²) < 4.78 is 5.28. The lowest BCUT2D eigenvalue weighted by Gasteiger charge is -2.21. The van der Waals surface area contributed by atoms with Crippen molar-refractivity contribution in [2.45, 2.75) is 20.3 Å². The van der Waals surface area contributed by atoms with E-state index in [0.717, 1.165) is 24.3 Å². The summed E-state index contributed by atoms with van der Waals surface area (Å²) >= 11 is 0. The van der Waals surface area contributed by atoms with Gasteiger partial charge >= 0.3 is 6.03 Å². The molecule has 1 aliphatic heterocycles. The standard InChI is InChI=1S/C15H20N2O2/c1-10-4-5-13(19-3)12(6-10)16-14(18)17-8-11-7-15(11,2)9-17/h4-6,11H,7-9H2,1-3H3,(H,16,18). The highest BCUT2D eigenvalue weighted by atomic mass is 16.5. The summed E-state index contributed by atoms with van der Waals surface area (Å²) in [4.78, 5) is 14.2. The molecular formula is C15H20N2O2. The molecule has 3 rings (SSSR count).